The summed E-state index contributed by atoms with van der Waals surface area (Å²) in [5.74, 6) is -2.20. The van der Waals surface area contributed by atoms with Crippen molar-refractivity contribution in [3.8, 4) is 0 Å². The minimum Gasteiger partial charge on any atom is -0.550 e. The van der Waals surface area contributed by atoms with E-state index in [2.05, 4.69) is 5.32 Å². The number of morpholine rings is 1. The van der Waals surface area contributed by atoms with Crippen LogP contribution in [0.3, 0.4) is 0 Å². The molecule has 2 fully saturated rings. The summed E-state index contributed by atoms with van der Waals surface area (Å²) < 4.78 is 5.31. The first-order valence-electron chi connectivity index (χ1n) is 8.08. The number of carbonyl (C=O) groups excluding carboxylic acids is 2. The molecule has 1 aliphatic heterocycles. The molecule has 2 atom stereocenters. The van der Waals surface area contributed by atoms with Crippen molar-refractivity contribution in [1.29, 1.82) is 0 Å². The van der Waals surface area contributed by atoms with Crippen molar-refractivity contribution < 1.29 is 24.3 Å². The number of rotatable bonds is 6. The lowest BCUT2D eigenvalue weighted by molar-refractivity contribution is -0.908. The van der Waals surface area contributed by atoms with Crippen LogP contribution in [0.1, 0.15) is 32.1 Å². The molecule has 0 radical (unpaired) electrons. The summed E-state index contributed by atoms with van der Waals surface area (Å²) in [4.78, 5) is 24.7. The second-order valence-electron chi connectivity index (χ2n) is 6.07. The lowest BCUT2D eigenvalue weighted by Gasteiger charge is -2.31. The third-order valence-corrected chi connectivity index (χ3v) is 4.61. The van der Waals surface area contributed by atoms with Gasteiger partial charge in [-0.25, -0.2) is 0 Å². The van der Waals surface area contributed by atoms with Gasteiger partial charge in [0.2, 0.25) is 5.91 Å². The van der Waals surface area contributed by atoms with Crippen molar-refractivity contribution in [2.24, 2.45) is 11.8 Å². The van der Waals surface area contributed by atoms with Gasteiger partial charge in [-0.2, -0.15) is 0 Å². The van der Waals surface area contributed by atoms with Gasteiger partial charge in [0, 0.05) is 30.8 Å². The maximum Gasteiger partial charge on any atom is 0.223 e. The molecule has 0 bridgehead atoms. The van der Waals surface area contributed by atoms with Crippen LogP contribution in [0.25, 0.3) is 0 Å². The quantitative estimate of drug-likeness (QED) is 0.554. The van der Waals surface area contributed by atoms with E-state index < -0.39 is 17.8 Å². The summed E-state index contributed by atoms with van der Waals surface area (Å²) in [6.07, 6.45) is 3.96. The first-order chi connectivity index (χ1) is 10.2. The highest BCUT2D eigenvalue weighted by Crippen LogP contribution is 2.29. The van der Waals surface area contributed by atoms with Gasteiger partial charge in [-0.15, -0.1) is 0 Å². The minimum atomic E-state index is -1.08. The molecule has 21 heavy (non-hydrogen) atoms. The van der Waals surface area contributed by atoms with Crippen LogP contribution in [0.4, 0.5) is 0 Å². The van der Waals surface area contributed by atoms with E-state index in [0.717, 1.165) is 52.1 Å². The Bertz CT molecular complexity index is 356. The number of quaternary nitrogens is 1. The molecule has 1 saturated carbocycles. The van der Waals surface area contributed by atoms with E-state index in [1.165, 1.54) is 4.90 Å². The van der Waals surface area contributed by atoms with Crippen molar-refractivity contribution >= 4 is 11.9 Å². The highest BCUT2D eigenvalue weighted by Gasteiger charge is 2.31. The molecule has 0 aromatic rings. The molecule has 6 heteroatoms. The molecule has 0 aromatic heterocycles. The highest BCUT2D eigenvalue weighted by molar-refractivity contribution is 5.84. The van der Waals surface area contributed by atoms with Crippen LogP contribution in [0, 0.1) is 11.8 Å². The molecule has 1 aliphatic carbocycles. The number of hydrogen-bond acceptors (Lipinski definition) is 4. The van der Waals surface area contributed by atoms with Crippen LogP contribution in [-0.2, 0) is 14.3 Å². The maximum absolute atomic E-state index is 12.1. The van der Waals surface area contributed by atoms with E-state index in [1.54, 1.807) is 0 Å². The summed E-state index contributed by atoms with van der Waals surface area (Å²) in [5.41, 5.74) is 0. The first-order valence-corrected chi connectivity index (χ1v) is 8.08. The van der Waals surface area contributed by atoms with E-state index in [4.69, 9.17) is 4.74 Å². The van der Waals surface area contributed by atoms with Gasteiger partial charge in [0.05, 0.1) is 19.8 Å². The molecule has 0 unspecified atom stereocenters. The molecule has 2 N–H and O–H groups in total. The number of amides is 1. The third-order valence-electron chi connectivity index (χ3n) is 4.61. The average Bonchev–Trinajstić information content (AvgIpc) is 2.52. The van der Waals surface area contributed by atoms with Crippen LogP contribution < -0.4 is 15.3 Å². The van der Waals surface area contributed by atoms with Gasteiger partial charge in [-0.05, 0) is 12.8 Å². The lowest BCUT2D eigenvalue weighted by Crippen LogP contribution is -3.14. The summed E-state index contributed by atoms with van der Waals surface area (Å²) >= 11 is 0. The van der Waals surface area contributed by atoms with Gasteiger partial charge in [-0.3, -0.25) is 4.79 Å². The normalized spacial score (nSPS) is 27.2. The van der Waals surface area contributed by atoms with Gasteiger partial charge < -0.3 is 24.9 Å². The molecule has 6 nitrogen and oxygen atoms in total. The van der Waals surface area contributed by atoms with Crippen molar-refractivity contribution in [3.05, 3.63) is 0 Å². The van der Waals surface area contributed by atoms with E-state index in [-0.39, 0.29) is 5.91 Å². The second kappa shape index (κ2) is 8.34. The smallest absolute Gasteiger partial charge is 0.223 e. The van der Waals surface area contributed by atoms with Crippen LogP contribution >= 0.6 is 0 Å². The van der Waals surface area contributed by atoms with Gasteiger partial charge in [-0.1, -0.05) is 12.8 Å². The Kier molecular flexibility index (Phi) is 6.45. The number of carbonyl (C=O) groups is 2. The minimum absolute atomic E-state index is 0.110. The number of carboxylic acids is 1. The zero-order chi connectivity index (χ0) is 15.1. The van der Waals surface area contributed by atoms with Gasteiger partial charge in [0.1, 0.15) is 13.1 Å². The zero-order valence-electron chi connectivity index (χ0n) is 12.6. The largest absolute Gasteiger partial charge is 0.550 e. The Morgan fingerprint density at radius 1 is 1.14 bits per heavy atom. The fourth-order valence-corrected chi connectivity index (χ4v) is 3.32. The highest BCUT2D eigenvalue weighted by atomic mass is 16.5. The number of nitrogens with one attached hydrogen (secondary N) is 2. The van der Waals surface area contributed by atoms with Crippen LogP contribution in [-0.4, -0.2) is 51.3 Å². The molecule has 2 rings (SSSR count). The summed E-state index contributed by atoms with van der Waals surface area (Å²) in [6.45, 7) is 5.35. The fraction of sp³-hybridized carbons (Fsp3) is 0.867. The predicted octanol–water partition coefficient (Wildman–Crippen LogP) is -2.04. The van der Waals surface area contributed by atoms with E-state index in [9.17, 15) is 14.7 Å². The van der Waals surface area contributed by atoms with Crippen molar-refractivity contribution in [2.75, 3.05) is 39.4 Å². The molecule has 1 saturated heterocycles. The third kappa shape index (κ3) is 4.97. The van der Waals surface area contributed by atoms with Crippen LogP contribution in [0.5, 0.6) is 0 Å². The Labute approximate surface area is 125 Å². The van der Waals surface area contributed by atoms with Crippen molar-refractivity contribution in [2.45, 2.75) is 32.1 Å². The molecule has 2 aliphatic rings. The van der Waals surface area contributed by atoms with Crippen molar-refractivity contribution in [3.63, 3.8) is 0 Å². The fourth-order valence-electron chi connectivity index (χ4n) is 3.32. The summed E-state index contributed by atoms with van der Waals surface area (Å²) in [6, 6.07) is 0. The Morgan fingerprint density at radius 3 is 2.48 bits per heavy atom. The zero-order valence-corrected chi connectivity index (χ0v) is 12.6. The van der Waals surface area contributed by atoms with E-state index in [1.807, 2.05) is 0 Å². The van der Waals surface area contributed by atoms with Crippen LogP contribution in [0.2, 0.25) is 0 Å². The summed E-state index contributed by atoms with van der Waals surface area (Å²) in [5, 5.41) is 14.0. The van der Waals surface area contributed by atoms with Crippen LogP contribution in [0.15, 0.2) is 0 Å². The van der Waals surface area contributed by atoms with E-state index >= 15 is 0 Å². The lowest BCUT2D eigenvalue weighted by atomic mass is 9.79. The van der Waals surface area contributed by atoms with Crippen molar-refractivity contribution in [1.82, 2.24) is 5.32 Å². The molecule has 120 valence electrons. The second-order valence-corrected chi connectivity index (χ2v) is 6.07. The molecule has 1 heterocycles. The number of hydrogen-bond donors (Lipinski definition) is 2. The average molecular weight is 298 g/mol. The predicted molar refractivity (Wildman–Crippen MR) is 74.5 cm³/mol. The van der Waals surface area contributed by atoms with Gasteiger partial charge >= 0.3 is 0 Å². The molecular weight excluding hydrogens is 272 g/mol. The molecule has 0 spiro atoms. The number of aliphatic carboxylic acids is 1. The van der Waals surface area contributed by atoms with Gasteiger partial charge in [0.15, 0.2) is 0 Å². The Morgan fingerprint density at radius 2 is 1.81 bits per heavy atom. The number of carboxylic acid groups (broad SMARTS) is 1. The van der Waals surface area contributed by atoms with E-state index in [0.29, 0.717) is 19.4 Å². The summed E-state index contributed by atoms with van der Waals surface area (Å²) in [7, 11) is 0. The SMILES string of the molecule is O=C([O-])[C@@H]1CCCC[C@H]1C(=O)NCCC[NH+]1CCOCC1. The Hall–Kier alpha value is -1.14. The maximum atomic E-state index is 12.1. The Balaban J connectivity index is 1.67. The topological polar surface area (TPSA) is 82.9 Å². The monoisotopic (exact) mass is 298 g/mol. The molecule has 1 amide bonds. The molecule has 0 aromatic carbocycles. The standard InChI is InChI=1S/C15H26N2O4/c18-14(12-4-1-2-5-13(12)15(19)20)16-6-3-7-17-8-10-21-11-9-17/h12-13H,1-11H2,(H,16,18)(H,19,20)/t12-,13-/m1/s1. The molecular formula is C15H26N2O4. The van der Waals surface area contributed by atoms with Gasteiger partial charge in [0.25, 0.3) is 0 Å². The first kappa shape index (κ1) is 16.2. The number of ether oxygens (including phenoxy) is 1.